The van der Waals surface area contributed by atoms with Crippen molar-refractivity contribution in [2.75, 3.05) is 37.7 Å². The number of benzene rings is 1. The SMILES string of the molecule is O=C(c1cccc(Br)c1)N1CCCSC[C@@H]1CN1CCCC1. The van der Waals surface area contributed by atoms with Crippen molar-refractivity contribution in [2.45, 2.75) is 25.3 Å². The fourth-order valence-electron chi connectivity index (χ4n) is 3.30. The molecule has 1 aromatic rings. The van der Waals surface area contributed by atoms with E-state index in [-0.39, 0.29) is 5.91 Å². The van der Waals surface area contributed by atoms with E-state index in [1.165, 1.54) is 31.7 Å². The van der Waals surface area contributed by atoms with E-state index in [4.69, 9.17) is 0 Å². The number of hydrogen-bond acceptors (Lipinski definition) is 3. The summed E-state index contributed by atoms with van der Waals surface area (Å²) in [6, 6.07) is 8.12. The van der Waals surface area contributed by atoms with Crippen LogP contribution < -0.4 is 0 Å². The van der Waals surface area contributed by atoms with Crippen LogP contribution in [0.3, 0.4) is 0 Å². The van der Waals surface area contributed by atoms with Crippen LogP contribution in [0.25, 0.3) is 0 Å². The van der Waals surface area contributed by atoms with E-state index in [1.807, 2.05) is 36.0 Å². The zero-order valence-corrected chi connectivity index (χ0v) is 15.2. The maximum atomic E-state index is 13.0. The first-order valence-corrected chi connectivity index (χ1v) is 10.1. The molecule has 0 spiro atoms. The molecule has 2 aliphatic rings. The van der Waals surface area contributed by atoms with Gasteiger partial charge in [0.1, 0.15) is 0 Å². The Kier molecular flexibility index (Phi) is 5.83. The molecule has 1 amide bonds. The van der Waals surface area contributed by atoms with Crippen LogP contribution in [0, 0.1) is 0 Å². The highest BCUT2D eigenvalue weighted by Gasteiger charge is 2.29. The molecule has 0 saturated carbocycles. The van der Waals surface area contributed by atoms with Crippen LogP contribution in [0.2, 0.25) is 0 Å². The quantitative estimate of drug-likeness (QED) is 0.798. The average Bonchev–Trinajstić information content (AvgIpc) is 2.92. The highest BCUT2D eigenvalue weighted by molar-refractivity contribution is 9.10. The van der Waals surface area contributed by atoms with Crippen LogP contribution in [-0.2, 0) is 0 Å². The summed E-state index contributed by atoms with van der Waals surface area (Å²) < 4.78 is 0.971. The number of likely N-dealkylation sites (tertiary alicyclic amines) is 1. The average molecular weight is 383 g/mol. The van der Waals surface area contributed by atoms with Gasteiger partial charge in [-0.05, 0) is 56.3 Å². The fraction of sp³-hybridized carbons (Fsp3) is 0.588. The van der Waals surface area contributed by atoms with Gasteiger partial charge in [0.15, 0.2) is 0 Å². The lowest BCUT2D eigenvalue weighted by Crippen LogP contribution is -2.47. The molecule has 0 aromatic heterocycles. The lowest BCUT2D eigenvalue weighted by molar-refractivity contribution is 0.0666. The Labute approximate surface area is 145 Å². The van der Waals surface area contributed by atoms with E-state index in [0.717, 1.165) is 35.3 Å². The van der Waals surface area contributed by atoms with Gasteiger partial charge in [-0.15, -0.1) is 0 Å². The second kappa shape index (κ2) is 7.84. The summed E-state index contributed by atoms with van der Waals surface area (Å²) >= 11 is 5.47. The van der Waals surface area contributed by atoms with E-state index in [9.17, 15) is 4.79 Å². The van der Waals surface area contributed by atoms with Crippen LogP contribution >= 0.6 is 27.7 Å². The highest BCUT2D eigenvalue weighted by Crippen LogP contribution is 2.22. The molecule has 3 nitrogen and oxygen atoms in total. The topological polar surface area (TPSA) is 23.6 Å². The summed E-state index contributed by atoms with van der Waals surface area (Å²) in [6.07, 6.45) is 3.71. The number of hydrogen-bond donors (Lipinski definition) is 0. The maximum Gasteiger partial charge on any atom is 0.254 e. The molecular weight excluding hydrogens is 360 g/mol. The molecule has 0 radical (unpaired) electrons. The summed E-state index contributed by atoms with van der Waals surface area (Å²) in [5.74, 6) is 2.42. The molecule has 5 heteroatoms. The third-order valence-electron chi connectivity index (χ3n) is 4.44. The first kappa shape index (κ1) is 16.3. The maximum absolute atomic E-state index is 13.0. The minimum atomic E-state index is 0.188. The lowest BCUT2D eigenvalue weighted by Gasteiger charge is -2.32. The lowest BCUT2D eigenvalue weighted by atomic mass is 10.1. The van der Waals surface area contributed by atoms with Gasteiger partial charge in [0.05, 0.1) is 6.04 Å². The van der Waals surface area contributed by atoms with Crippen molar-refractivity contribution in [3.63, 3.8) is 0 Å². The van der Waals surface area contributed by atoms with E-state index in [1.54, 1.807) is 0 Å². The molecule has 0 unspecified atom stereocenters. The molecule has 2 heterocycles. The third kappa shape index (κ3) is 4.06. The highest BCUT2D eigenvalue weighted by atomic mass is 79.9. The Morgan fingerprint density at radius 1 is 1.23 bits per heavy atom. The van der Waals surface area contributed by atoms with Crippen LogP contribution in [-0.4, -0.2) is 59.4 Å². The van der Waals surface area contributed by atoms with Crippen molar-refractivity contribution >= 4 is 33.6 Å². The Morgan fingerprint density at radius 3 is 2.82 bits per heavy atom. The van der Waals surface area contributed by atoms with Crippen LogP contribution in [0.4, 0.5) is 0 Å². The first-order chi connectivity index (χ1) is 10.7. The van der Waals surface area contributed by atoms with Crippen molar-refractivity contribution in [1.29, 1.82) is 0 Å². The summed E-state index contributed by atoms with van der Waals surface area (Å²) in [7, 11) is 0. The minimum Gasteiger partial charge on any atom is -0.334 e. The Balaban J connectivity index is 1.75. The summed E-state index contributed by atoms with van der Waals surface area (Å²) in [4.78, 5) is 17.6. The van der Waals surface area contributed by atoms with Gasteiger partial charge in [0.25, 0.3) is 5.91 Å². The third-order valence-corrected chi connectivity index (χ3v) is 6.13. The molecule has 0 N–H and O–H groups in total. The predicted molar refractivity (Wildman–Crippen MR) is 96.6 cm³/mol. The molecule has 2 saturated heterocycles. The molecule has 0 aliphatic carbocycles. The number of thioether (sulfide) groups is 1. The minimum absolute atomic E-state index is 0.188. The molecule has 2 aliphatic heterocycles. The van der Waals surface area contributed by atoms with Gasteiger partial charge in [0.2, 0.25) is 0 Å². The van der Waals surface area contributed by atoms with Gasteiger partial charge in [-0.2, -0.15) is 11.8 Å². The molecule has 3 rings (SSSR count). The van der Waals surface area contributed by atoms with Crippen molar-refractivity contribution in [3.8, 4) is 0 Å². The summed E-state index contributed by atoms with van der Waals surface area (Å²) in [6.45, 7) is 4.31. The summed E-state index contributed by atoms with van der Waals surface area (Å²) in [5, 5.41) is 0. The number of carbonyl (C=O) groups excluding carboxylic acids is 1. The summed E-state index contributed by atoms with van der Waals surface area (Å²) in [5.41, 5.74) is 0.799. The van der Waals surface area contributed by atoms with Crippen LogP contribution in [0.15, 0.2) is 28.7 Å². The van der Waals surface area contributed by atoms with E-state index in [0.29, 0.717) is 6.04 Å². The molecule has 2 fully saturated rings. The van der Waals surface area contributed by atoms with Crippen molar-refractivity contribution in [2.24, 2.45) is 0 Å². The van der Waals surface area contributed by atoms with Gasteiger partial charge < -0.3 is 9.80 Å². The van der Waals surface area contributed by atoms with Crippen molar-refractivity contribution < 1.29 is 4.79 Å². The van der Waals surface area contributed by atoms with Crippen molar-refractivity contribution in [1.82, 2.24) is 9.80 Å². The van der Waals surface area contributed by atoms with Gasteiger partial charge in [-0.25, -0.2) is 0 Å². The number of carbonyl (C=O) groups is 1. The van der Waals surface area contributed by atoms with Gasteiger partial charge in [-0.1, -0.05) is 22.0 Å². The second-order valence-electron chi connectivity index (χ2n) is 6.10. The largest absolute Gasteiger partial charge is 0.334 e. The number of rotatable bonds is 3. The Bertz CT molecular complexity index is 519. The molecule has 22 heavy (non-hydrogen) atoms. The van der Waals surface area contributed by atoms with Gasteiger partial charge in [0, 0.05) is 28.9 Å². The Morgan fingerprint density at radius 2 is 2.05 bits per heavy atom. The second-order valence-corrected chi connectivity index (χ2v) is 8.16. The van der Waals surface area contributed by atoms with E-state index >= 15 is 0 Å². The van der Waals surface area contributed by atoms with Crippen LogP contribution in [0.5, 0.6) is 0 Å². The zero-order valence-electron chi connectivity index (χ0n) is 12.8. The number of nitrogens with zero attached hydrogens (tertiary/aromatic N) is 2. The van der Waals surface area contributed by atoms with Crippen molar-refractivity contribution in [3.05, 3.63) is 34.3 Å². The van der Waals surface area contributed by atoms with E-state index < -0.39 is 0 Å². The number of amides is 1. The van der Waals surface area contributed by atoms with E-state index in [2.05, 4.69) is 25.7 Å². The molecule has 120 valence electrons. The van der Waals surface area contributed by atoms with Crippen LogP contribution in [0.1, 0.15) is 29.6 Å². The molecule has 1 atom stereocenters. The molecular formula is C17H23BrN2OS. The fourth-order valence-corrected chi connectivity index (χ4v) is 4.75. The normalized spacial score (nSPS) is 23.5. The Hall–Kier alpha value is -0.520. The smallest absolute Gasteiger partial charge is 0.254 e. The predicted octanol–water partition coefficient (Wildman–Crippen LogP) is 3.49. The molecule has 0 bridgehead atoms. The zero-order chi connectivity index (χ0) is 15.4. The molecule has 1 aromatic carbocycles. The standard InChI is InChI=1S/C17H23BrN2OS/c18-15-6-3-5-14(11-15)17(21)20-9-4-10-22-13-16(20)12-19-7-1-2-8-19/h3,5-6,11,16H,1-2,4,7-10,12-13H2/t16-/m0/s1. The first-order valence-electron chi connectivity index (χ1n) is 8.11. The van der Waals surface area contributed by atoms with Gasteiger partial charge >= 0.3 is 0 Å². The number of halogens is 1. The van der Waals surface area contributed by atoms with Gasteiger partial charge in [-0.3, -0.25) is 4.79 Å². The monoisotopic (exact) mass is 382 g/mol.